The maximum Gasteiger partial charge on any atom is 0.0991 e. The monoisotopic (exact) mass is 958 g/mol. The van der Waals surface area contributed by atoms with Crippen LogP contribution < -0.4 is 0 Å². The van der Waals surface area contributed by atoms with Crippen molar-refractivity contribution in [3.63, 3.8) is 0 Å². The Bertz CT molecular complexity index is 2830. The number of azide groups is 1. The van der Waals surface area contributed by atoms with Gasteiger partial charge in [-0.1, -0.05) is 195 Å². The zero-order valence-electron chi connectivity index (χ0n) is 45.7. The predicted molar refractivity (Wildman–Crippen MR) is 307 cm³/mol. The van der Waals surface area contributed by atoms with Gasteiger partial charge in [-0.05, 0) is 182 Å². The Balaban J connectivity index is 0.000000300. The van der Waals surface area contributed by atoms with E-state index in [1.807, 2.05) is 67.7 Å². The molecule has 70 heavy (non-hydrogen) atoms. The summed E-state index contributed by atoms with van der Waals surface area (Å²) in [4.78, 5) is 7.13. The van der Waals surface area contributed by atoms with E-state index in [0.29, 0.717) is 5.69 Å². The standard InChI is InChI=1S/C15H18.C14H17N.C12H15N.C11H15Cl.C11H15N3.CH4/c1-11-9-12-7-5-6-8-13(12)10-14(11)15(2,3)4;1-10-8-13-11(6-5-7-15-13)9-12(10)14(2,3)4;1-9-7-10(8-13)5-6-11(9)12(2,3)4;1-8-7-9(12)5-6-10(8)11(2,3)4;1-8-7-9(13-14-12)5-6-10(8)11(2,3)4;/h5-10H,1-4H3;5-9H,1-4H3;5-7H,1-4H3;5-7H,1-4H3;5-7H,1-4H3;1H4. The summed E-state index contributed by atoms with van der Waals surface area (Å²) in [5.74, 6) is 0. The van der Waals surface area contributed by atoms with Gasteiger partial charge in [-0.25, -0.2) is 0 Å². The quantitative estimate of drug-likeness (QED) is 0.0932. The largest absolute Gasteiger partial charge is 0.256 e. The van der Waals surface area contributed by atoms with Gasteiger partial charge in [-0.2, -0.15) is 5.26 Å². The summed E-state index contributed by atoms with van der Waals surface area (Å²) in [5, 5.41) is 17.0. The molecule has 1 aromatic heterocycles. The molecular formula is C64H84ClN5. The average Bonchev–Trinajstić information content (AvgIpc) is 3.22. The van der Waals surface area contributed by atoms with E-state index in [1.165, 1.54) is 71.8 Å². The summed E-state index contributed by atoms with van der Waals surface area (Å²) in [6.07, 6.45) is 1.85. The molecule has 0 saturated carbocycles. The van der Waals surface area contributed by atoms with Crippen LogP contribution in [0.4, 0.5) is 5.69 Å². The van der Waals surface area contributed by atoms with Crippen molar-refractivity contribution in [2.75, 3.05) is 0 Å². The van der Waals surface area contributed by atoms with Crippen molar-refractivity contribution in [1.29, 1.82) is 5.26 Å². The van der Waals surface area contributed by atoms with Gasteiger partial charge in [-0.15, -0.1) is 0 Å². The second-order valence-electron chi connectivity index (χ2n) is 23.4. The molecule has 0 fully saturated rings. The Morgan fingerprint density at radius 1 is 0.471 bits per heavy atom. The molecule has 7 rings (SSSR count). The van der Waals surface area contributed by atoms with Crippen LogP contribution in [0, 0.1) is 45.9 Å². The molecule has 7 aromatic rings. The summed E-state index contributed by atoms with van der Waals surface area (Å²) >= 11 is 5.87. The van der Waals surface area contributed by atoms with Crippen molar-refractivity contribution in [1.82, 2.24) is 4.98 Å². The lowest BCUT2D eigenvalue weighted by Crippen LogP contribution is -2.12. The molecule has 0 aliphatic carbocycles. The van der Waals surface area contributed by atoms with E-state index in [-0.39, 0.29) is 34.5 Å². The SMILES string of the molecule is C.Cc1cc(C#N)ccc1C(C)(C)C.Cc1cc(Cl)ccc1C(C)(C)C.Cc1cc(N=[N+]=[N-])ccc1C(C)(C)C.Cc1cc2ccccc2cc1C(C)(C)C.Cc1cc2ncccc2cc1C(C)(C)C. The summed E-state index contributed by atoms with van der Waals surface area (Å²) in [6.45, 7) is 43.8. The fourth-order valence-corrected chi connectivity index (χ4v) is 9.07. The maximum atomic E-state index is 8.71. The van der Waals surface area contributed by atoms with E-state index in [2.05, 4.69) is 213 Å². The van der Waals surface area contributed by atoms with Crippen molar-refractivity contribution >= 4 is 39.0 Å². The zero-order chi connectivity index (χ0) is 52.3. The Labute approximate surface area is 429 Å². The highest BCUT2D eigenvalue weighted by atomic mass is 35.5. The van der Waals surface area contributed by atoms with Gasteiger partial charge in [0.1, 0.15) is 0 Å². The van der Waals surface area contributed by atoms with Crippen molar-refractivity contribution in [2.24, 2.45) is 5.11 Å². The normalized spacial score (nSPS) is 11.4. The summed E-state index contributed by atoms with van der Waals surface area (Å²) in [5.41, 5.74) is 24.9. The van der Waals surface area contributed by atoms with Gasteiger partial charge in [0.15, 0.2) is 0 Å². The molecular weight excluding hydrogens is 874 g/mol. The second kappa shape index (κ2) is 24.8. The van der Waals surface area contributed by atoms with E-state index in [9.17, 15) is 0 Å². The minimum absolute atomic E-state index is 0. The van der Waals surface area contributed by atoms with Crippen LogP contribution >= 0.6 is 11.6 Å². The minimum Gasteiger partial charge on any atom is -0.256 e. The number of aryl methyl sites for hydroxylation is 5. The van der Waals surface area contributed by atoms with Gasteiger partial charge < -0.3 is 0 Å². The molecule has 5 nitrogen and oxygen atoms in total. The molecule has 6 aromatic carbocycles. The molecule has 0 radical (unpaired) electrons. The molecule has 0 bridgehead atoms. The lowest BCUT2D eigenvalue weighted by atomic mass is 9.83. The number of aromatic nitrogens is 1. The number of benzene rings is 6. The van der Waals surface area contributed by atoms with Crippen LogP contribution in [0.2, 0.25) is 5.02 Å². The van der Waals surface area contributed by atoms with Crippen molar-refractivity contribution in [3.8, 4) is 6.07 Å². The smallest absolute Gasteiger partial charge is 0.0991 e. The Kier molecular flexibility index (Phi) is 21.3. The molecule has 0 saturated heterocycles. The number of hydrogen-bond acceptors (Lipinski definition) is 3. The van der Waals surface area contributed by atoms with Crippen LogP contribution in [0.3, 0.4) is 0 Å². The van der Waals surface area contributed by atoms with Gasteiger partial charge >= 0.3 is 0 Å². The minimum atomic E-state index is 0. The first-order chi connectivity index (χ1) is 31.8. The van der Waals surface area contributed by atoms with Crippen LogP contribution in [0.5, 0.6) is 0 Å². The van der Waals surface area contributed by atoms with E-state index in [1.54, 1.807) is 0 Å². The average molecular weight is 959 g/mol. The van der Waals surface area contributed by atoms with E-state index >= 15 is 0 Å². The molecule has 6 heteroatoms. The topological polar surface area (TPSA) is 85.4 Å². The van der Waals surface area contributed by atoms with Crippen LogP contribution in [0.25, 0.3) is 32.1 Å². The number of pyridine rings is 1. The van der Waals surface area contributed by atoms with Gasteiger partial charge in [-0.3, -0.25) is 4.98 Å². The zero-order valence-corrected chi connectivity index (χ0v) is 46.4. The summed E-state index contributed by atoms with van der Waals surface area (Å²) < 4.78 is 0. The molecule has 0 atom stereocenters. The maximum absolute atomic E-state index is 8.71. The third kappa shape index (κ3) is 17.8. The molecule has 0 N–H and O–H groups in total. The van der Waals surface area contributed by atoms with E-state index < -0.39 is 0 Å². The first-order valence-corrected chi connectivity index (χ1v) is 24.5. The van der Waals surface area contributed by atoms with Gasteiger partial charge in [0.25, 0.3) is 0 Å². The summed E-state index contributed by atoms with van der Waals surface area (Å²) in [6, 6.07) is 41.6. The molecule has 1 heterocycles. The fraction of sp³-hybridized carbons (Fsp3) is 0.406. The lowest BCUT2D eigenvalue weighted by molar-refractivity contribution is 0.586. The molecule has 0 amide bonds. The molecule has 0 aliphatic rings. The van der Waals surface area contributed by atoms with E-state index in [4.69, 9.17) is 22.4 Å². The highest BCUT2D eigenvalue weighted by Crippen LogP contribution is 2.32. The first-order valence-electron chi connectivity index (χ1n) is 24.1. The predicted octanol–water partition coefficient (Wildman–Crippen LogP) is 20.3. The fourth-order valence-electron chi connectivity index (χ4n) is 8.84. The number of rotatable bonds is 1. The Hall–Kier alpha value is -5.92. The van der Waals surface area contributed by atoms with Crippen LogP contribution in [0.15, 0.2) is 127 Å². The highest BCUT2D eigenvalue weighted by molar-refractivity contribution is 6.30. The van der Waals surface area contributed by atoms with Crippen LogP contribution in [-0.2, 0) is 27.1 Å². The number of hydrogen-bond donors (Lipinski definition) is 0. The van der Waals surface area contributed by atoms with Gasteiger partial charge in [0.05, 0.1) is 17.1 Å². The number of fused-ring (bicyclic) bond motifs is 2. The van der Waals surface area contributed by atoms with Crippen molar-refractivity contribution in [3.05, 3.63) is 198 Å². The van der Waals surface area contributed by atoms with Gasteiger partial charge in [0, 0.05) is 27.2 Å². The van der Waals surface area contributed by atoms with E-state index in [0.717, 1.165) is 16.1 Å². The first kappa shape index (κ1) is 60.2. The van der Waals surface area contributed by atoms with Crippen LogP contribution in [-0.4, -0.2) is 4.98 Å². The number of nitriles is 1. The lowest BCUT2D eigenvalue weighted by Gasteiger charge is -2.22. The van der Waals surface area contributed by atoms with Crippen molar-refractivity contribution < 1.29 is 0 Å². The van der Waals surface area contributed by atoms with Crippen LogP contribution in [0.1, 0.15) is 172 Å². The number of nitrogens with zero attached hydrogens (tertiary/aromatic N) is 5. The number of halogens is 1. The second-order valence-corrected chi connectivity index (χ2v) is 23.9. The third-order valence-electron chi connectivity index (χ3n) is 12.0. The highest BCUT2D eigenvalue weighted by Gasteiger charge is 2.20. The Morgan fingerprint density at radius 2 is 0.871 bits per heavy atom. The van der Waals surface area contributed by atoms with Gasteiger partial charge in [0.2, 0.25) is 0 Å². The molecule has 0 unspecified atom stereocenters. The Morgan fingerprint density at radius 3 is 1.31 bits per heavy atom. The third-order valence-corrected chi connectivity index (χ3v) is 12.2. The molecule has 0 spiro atoms. The molecule has 0 aliphatic heterocycles. The van der Waals surface area contributed by atoms with Crippen molar-refractivity contribution in [2.45, 2.75) is 173 Å². The molecule has 372 valence electrons. The summed E-state index contributed by atoms with van der Waals surface area (Å²) in [7, 11) is 0.